The number of amides is 2. The molecule has 0 saturated carbocycles. The minimum absolute atomic E-state index is 0.148. The maximum atomic E-state index is 12.5. The number of nitrogens with zero attached hydrogens (tertiary/aromatic N) is 1. The van der Waals surface area contributed by atoms with Crippen LogP contribution in [0.4, 0.5) is 5.69 Å². The maximum Gasteiger partial charge on any atom is 0.255 e. The van der Waals surface area contributed by atoms with E-state index in [-0.39, 0.29) is 17.9 Å². The molecule has 0 saturated heterocycles. The summed E-state index contributed by atoms with van der Waals surface area (Å²) < 4.78 is 0. The second-order valence-electron chi connectivity index (χ2n) is 6.43. The highest BCUT2D eigenvalue weighted by Crippen LogP contribution is 2.16. The molecule has 0 spiro atoms. The molecule has 0 aliphatic heterocycles. The lowest BCUT2D eigenvalue weighted by molar-refractivity contribution is -0.123. The van der Waals surface area contributed by atoms with E-state index in [9.17, 15) is 9.59 Å². The quantitative estimate of drug-likeness (QED) is 0.617. The van der Waals surface area contributed by atoms with Crippen LogP contribution >= 0.6 is 0 Å². The van der Waals surface area contributed by atoms with Gasteiger partial charge in [-0.05, 0) is 42.3 Å². The van der Waals surface area contributed by atoms with Crippen molar-refractivity contribution >= 4 is 17.5 Å². The first-order valence-corrected chi connectivity index (χ1v) is 8.97. The number of nitrogens with one attached hydrogen (secondary N) is 2. The SMILES string of the molecule is CC(NC(=O)C(N)c1ccc(C(=O)Nc2ccncc2)cc1)c1ccccc1. The normalized spacial score (nSPS) is 12.6. The number of nitrogens with two attached hydrogens (primary N) is 1. The van der Waals surface area contributed by atoms with Gasteiger partial charge in [0.25, 0.3) is 5.91 Å². The van der Waals surface area contributed by atoms with Crippen LogP contribution in [-0.2, 0) is 4.79 Å². The van der Waals surface area contributed by atoms with Gasteiger partial charge in [-0.25, -0.2) is 0 Å². The minimum Gasteiger partial charge on any atom is -0.348 e. The van der Waals surface area contributed by atoms with Gasteiger partial charge in [-0.3, -0.25) is 14.6 Å². The van der Waals surface area contributed by atoms with Gasteiger partial charge in [-0.2, -0.15) is 0 Å². The molecule has 1 heterocycles. The van der Waals surface area contributed by atoms with Gasteiger partial charge in [-0.15, -0.1) is 0 Å². The van der Waals surface area contributed by atoms with Crippen molar-refractivity contribution in [3.8, 4) is 0 Å². The van der Waals surface area contributed by atoms with Crippen molar-refractivity contribution in [2.24, 2.45) is 5.73 Å². The van der Waals surface area contributed by atoms with Crippen LogP contribution in [0.2, 0.25) is 0 Å². The largest absolute Gasteiger partial charge is 0.348 e. The summed E-state index contributed by atoms with van der Waals surface area (Å²) in [6.07, 6.45) is 3.21. The van der Waals surface area contributed by atoms with Crippen LogP contribution in [0.25, 0.3) is 0 Å². The summed E-state index contributed by atoms with van der Waals surface area (Å²) in [4.78, 5) is 28.7. The van der Waals surface area contributed by atoms with Gasteiger partial charge in [0.15, 0.2) is 0 Å². The molecule has 6 nitrogen and oxygen atoms in total. The average molecular weight is 374 g/mol. The van der Waals surface area contributed by atoms with Crippen molar-refractivity contribution in [2.45, 2.75) is 19.0 Å². The van der Waals surface area contributed by atoms with Gasteiger partial charge < -0.3 is 16.4 Å². The van der Waals surface area contributed by atoms with E-state index >= 15 is 0 Å². The predicted octanol–water partition coefficient (Wildman–Crippen LogP) is 3.21. The zero-order chi connectivity index (χ0) is 19.9. The Morgan fingerprint density at radius 3 is 2.18 bits per heavy atom. The number of hydrogen-bond acceptors (Lipinski definition) is 4. The smallest absolute Gasteiger partial charge is 0.255 e. The monoisotopic (exact) mass is 374 g/mol. The lowest BCUT2D eigenvalue weighted by Crippen LogP contribution is -2.35. The second-order valence-corrected chi connectivity index (χ2v) is 6.43. The predicted molar refractivity (Wildman–Crippen MR) is 109 cm³/mol. The van der Waals surface area contributed by atoms with Crippen molar-refractivity contribution in [3.63, 3.8) is 0 Å². The van der Waals surface area contributed by atoms with Crippen LogP contribution in [0.5, 0.6) is 0 Å². The van der Waals surface area contributed by atoms with E-state index in [1.807, 2.05) is 37.3 Å². The third-order valence-corrected chi connectivity index (χ3v) is 4.41. The molecule has 1 aromatic heterocycles. The second kappa shape index (κ2) is 8.92. The Bertz CT molecular complexity index is 928. The Labute approximate surface area is 163 Å². The van der Waals surface area contributed by atoms with Crippen molar-refractivity contribution in [2.75, 3.05) is 5.32 Å². The molecule has 3 aromatic rings. The van der Waals surface area contributed by atoms with Crippen LogP contribution in [0.3, 0.4) is 0 Å². The van der Waals surface area contributed by atoms with E-state index in [1.165, 1.54) is 0 Å². The summed E-state index contributed by atoms with van der Waals surface area (Å²) in [5.41, 5.74) is 8.88. The third kappa shape index (κ3) is 4.81. The standard InChI is InChI=1S/C22H22N4O2/c1-15(16-5-3-2-4-6-16)25-22(28)20(23)17-7-9-18(10-8-17)21(27)26-19-11-13-24-14-12-19/h2-15,20H,23H2,1H3,(H,25,28)(H,24,26,27). The lowest BCUT2D eigenvalue weighted by atomic mass is 10.0. The molecule has 28 heavy (non-hydrogen) atoms. The van der Waals surface area contributed by atoms with E-state index in [1.54, 1.807) is 48.8 Å². The molecule has 2 unspecified atom stereocenters. The summed E-state index contributed by atoms with van der Waals surface area (Å²) >= 11 is 0. The molecule has 0 fully saturated rings. The van der Waals surface area contributed by atoms with Gasteiger partial charge in [0.2, 0.25) is 5.91 Å². The van der Waals surface area contributed by atoms with Crippen molar-refractivity contribution in [1.29, 1.82) is 0 Å². The fraction of sp³-hybridized carbons (Fsp3) is 0.136. The van der Waals surface area contributed by atoms with Gasteiger partial charge in [0.05, 0.1) is 6.04 Å². The Balaban J connectivity index is 1.62. The molecule has 2 atom stereocenters. The lowest BCUT2D eigenvalue weighted by Gasteiger charge is -2.18. The van der Waals surface area contributed by atoms with E-state index in [0.29, 0.717) is 16.8 Å². The van der Waals surface area contributed by atoms with Crippen molar-refractivity contribution in [1.82, 2.24) is 10.3 Å². The van der Waals surface area contributed by atoms with Crippen molar-refractivity contribution in [3.05, 3.63) is 95.8 Å². The van der Waals surface area contributed by atoms with E-state index in [4.69, 9.17) is 5.73 Å². The Morgan fingerprint density at radius 1 is 0.893 bits per heavy atom. The number of aromatic nitrogens is 1. The molecule has 142 valence electrons. The Hall–Kier alpha value is -3.51. The average Bonchev–Trinajstić information content (AvgIpc) is 2.74. The first-order valence-electron chi connectivity index (χ1n) is 8.97. The van der Waals surface area contributed by atoms with Crippen LogP contribution in [0.1, 0.15) is 40.5 Å². The number of hydrogen-bond donors (Lipinski definition) is 3. The highest BCUT2D eigenvalue weighted by Gasteiger charge is 2.19. The number of anilines is 1. The molecule has 6 heteroatoms. The van der Waals surface area contributed by atoms with Crippen LogP contribution < -0.4 is 16.4 Å². The highest BCUT2D eigenvalue weighted by atomic mass is 16.2. The van der Waals surface area contributed by atoms with E-state index < -0.39 is 6.04 Å². The summed E-state index contributed by atoms with van der Waals surface area (Å²) in [6.45, 7) is 1.91. The Morgan fingerprint density at radius 2 is 1.54 bits per heavy atom. The molecule has 2 amide bonds. The molecular formula is C22H22N4O2. The van der Waals surface area contributed by atoms with Crippen molar-refractivity contribution < 1.29 is 9.59 Å². The number of carbonyl (C=O) groups excluding carboxylic acids is 2. The molecular weight excluding hydrogens is 352 g/mol. The number of benzene rings is 2. The zero-order valence-electron chi connectivity index (χ0n) is 15.5. The molecule has 4 N–H and O–H groups in total. The number of carbonyl (C=O) groups is 2. The summed E-state index contributed by atoms with van der Waals surface area (Å²) in [5, 5.41) is 5.70. The number of pyridine rings is 1. The zero-order valence-corrected chi connectivity index (χ0v) is 15.5. The van der Waals surface area contributed by atoms with Crippen LogP contribution in [0, 0.1) is 0 Å². The molecule has 3 rings (SSSR count). The molecule has 0 aliphatic carbocycles. The summed E-state index contributed by atoms with van der Waals surface area (Å²) in [7, 11) is 0. The van der Waals surface area contributed by atoms with Gasteiger partial charge in [-0.1, -0.05) is 42.5 Å². The van der Waals surface area contributed by atoms with Crippen LogP contribution in [-0.4, -0.2) is 16.8 Å². The highest BCUT2D eigenvalue weighted by molar-refractivity contribution is 6.04. The van der Waals surface area contributed by atoms with Gasteiger partial charge in [0.1, 0.15) is 6.04 Å². The molecule has 0 aliphatic rings. The van der Waals surface area contributed by atoms with Gasteiger partial charge >= 0.3 is 0 Å². The topological polar surface area (TPSA) is 97.1 Å². The van der Waals surface area contributed by atoms with Crippen LogP contribution in [0.15, 0.2) is 79.1 Å². The van der Waals surface area contributed by atoms with E-state index in [2.05, 4.69) is 15.6 Å². The first kappa shape index (κ1) is 19.3. The molecule has 0 radical (unpaired) electrons. The third-order valence-electron chi connectivity index (χ3n) is 4.41. The van der Waals surface area contributed by atoms with Gasteiger partial charge in [0, 0.05) is 23.6 Å². The summed E-state index contributed by atoms with van der Waals surface area (Å²) in [5.74, 6) is -0.515. The minimum atomic E-state index is -0.816. The molecule has 0 bridgehead atoms. The van der Waals surface area contributed by atoms with E-state index in [0.717, 1.165) is 5.56 Å². The first-order chi connectivity index (χ1) is 13.5. The fourth-order valence-electron chi connectivity index (χ4n) is 2.76. The number of rotatable bonds is 6. The fourth-order valence-corrected chi connectivity index (χ4v) is 2.76. The maximum absolute atomic E-state index is 12.5. The summed E-state index contributed by atoms with van der Waals surface area (Å²) in [6, 6.07) is 18.8. The molecule has 2 aromatic carbocycles. The Kier molecular flexibility index (Phi) is 6.14.